The molecule has 0 saturated carbocycles. The number of halogens is 1. The fraction of sp³-hybridized carbons (Fsp3) is 0.320. The molecule has 1 aromatic heterocycles. The van der Waals surface area contributed by atoms with Gasteiger partial charge >= 0.3 is 6.09 Å². The summed E-state index contributed by atoms with van der Waals surface area (Å²) in [4.78, 5) is 28.6. The van der Waals surface area contributed by atoms with Crippen molar-refractivity contribution in [1.82, 2.24) is 20.9 Å². The van der Waals surface area contributed by atoms with Crippen molar-refractivity contribution in [2.75, 3.05) is 38.7 Å². The molecule has 2 amide bonds. The van der Waals surface area contributed by atoms with Gasteiger partial charge in [-0.05, 0) is 30.1 Å². The highest BCUT2D eigenvalue weighted by Gasteiger charge is 2.15. The molecule has 0 aliphatic carbocycles. The molecule has 0 saturated heterocycles. The molecule has 1 unspecified atom stereocenters. The molecule has 0 aliphatic heterocycles. The Morgan fingerprint density at radius 3 is 2.60 bits per heavy atom. The van der Waals surface area contributed by atoms with Gasteiger partial charge in [0, 0.05) is 29.7 Å². The molecule has 0 aliphatic rings. The van der Waals surface area contributed by atoms with Crippen molar-refractivity contribution in [2.45, 2.75) is 19.2 Å². The maximum atomic E-state index is 12.4. The predicted octanol–water partition coefficient (Wildman–Crippen LogP) is 3.29. The Kier molecular flexibility index (Phi) is 10.7. The third-order valence-electron chi connectivity index (χ3n) is 5.04. The number of amides is 2. The van der Waals surface area contributed by atoms with Gasteiger partial charge in [-0.25, -0.2) is 9.78 Å². The fourth-order valence-corrected chi connectivity index (χ4v) is 3.43. The van der Waals surface area contributed by atoms with Gasteiger partial charge in [-0.1, -0.05) is 54.1 Å². The average Bonchev–Trinajstić information content (AvgIpc) is 2.86. The van der Waals surface area contributed by atoms with Crippen LogP contribution in [0.5, 0.6) is 0 Å². The largest absolute Gasteiger partial charge is 0.447 e. The predicted molar refractivity (Wildman–Crippen MR) is 136 cm³/mol. The number of aromatic nitrogens is 1. The van der Waals surface area contributed by atoms with Crippen molar-refractivity contribution in [3.63, 3.8) is 0 Å². The summed E-state index contributed by atoms with van der Waals surface area (Å²) in [6.45, 7) is 1.74. The third kappa shape index (κ3) is 9.14. The Balaban J connectivity index is 1.38. The van der Waals surface area contributed by atoms with E-state index in [-0.39, 0.29) is 25.5 Å². The number of likely N-dealkylation sites (N-methyl/N-ethyl adjacent to an activating group) is 1. The summed E-state index contributed by atoms with van der Waals surface area (Å²) in [5, 5.41) is 14.1. The number of rotatable bonds is 13. The van der Waals surface area contributed by atoms with Crippen LogP contribution in [0.4, 0.5) is 10.6 Å². The first-order chi connectivity index (χ1) is 17.0. The topological polar surface area (TPSA) is 114 Å². The van der Waals surface area contributed by atoms with Crippen LogP contribution in [0.2, 0.25) is 5.02 Å². The highest BCUT2D eigenvalue weighted by atomic mass is 35.5. The van der Waals surface area contributed by atoms with Gasteiger partial charge in [-0.15, -0.1) is 0 Å². The number of hydrogen-bond donors (Lipinski definition) is 4. The van der Waals surface area contributed by atoms with Gasteiger partial charge in [0.25, 0.3) is 0 Å². The third-order valence-corrected chi connectivity index (χ3v) is 5.41. The molecule has 10 heteroatoms. The Bertz CT molecular complexity index is 1110. The number of nitrogens with zero attached hydrogens (tertiary/aromatic N) is 1. The lowest BCUT2D eigenvalue weighted by Crippen LogP contribution is -2.39. The molecule has 1 atom stereocenters. The van der Waals surface area contributed by atoms with E-state index in [0.29, 0.717) is 30.5 Å². The number of benzene rings is 2. The second-order valence-electron chi connectivity index (χ2n) is 7.67. The first-order valence-electron chi connectivity index (χ1n) is 11.3. The second-order valence-corrected chi connectivity index (χ2v) is 8.07. The zero-order valence-electron chi connectivity index (χ0n) is 19.6. The highest BCUT2D eigenvalue weighted by Crippen LogP contribution is 2.16. The van der Waals surface area contributed by atoms with Crippen LogP contribution in [-0.4, -0.2) is 56.6 Å². The lowest BCUT2D eigenvalue weighted by atomic mass is 10.2. The monoisotopic (exact) mass is 499 g/mol. The van der Waals surface area contributed by atoms with Gasteiger partial charge < -0.3 is 20.1 Å². The molecule has 0 radical (unpaired) electrons. The van der Waals surface area contributed by atoms with E-state index in [4.69, 9.17) is 21.1 Å². The molecule has 3 rings (SSSR count). The number of hydrogen-bond acceptors (Lipinski definition) is 7. The van der Waals surface area contributed by atoms with Gasteiger partial charge in [0.05, 0.1) is 19.6 Å². The van der Waals surface area contributed by atoms with Crippen LogP contribution in [0.15, 0.2) is 60.8 Å². The minimum atomic E-state index is -0.642. The van der Waals surface area contributed by atoms with Crippen LogP contribution >= 0.6 is 11.6 Å². The number of nitrogens with one attached hydrogen (secondary N) is 4. The minimum absolute atomic E-state index is 0.0173. The van der Waals surface area contributed by atoms with E-state index in [0.717, 1.165) is 16.3 Å². The summed E-state index contributed by atoms with van der Waals surface area (Å²) in [5.41, 5.74) is 0.914. The van der Waals surface area contributed by atoms with Crippen molar-refractivity contribution < 1.29 is 19.1 Å². The quantitative estimate of drug-likeness (QED) is 0.211. The maximum Gasteiger partial charge on any atom is 0.412 e. The molecular formula is C25H30ClN5O4. The lowest BCUT2D eigenvalue weighted by Gasteiger charge is -2.20. The fourth-order valence-electron chi connectivity index (χ4n) is 3.23. The van der Waals surface area contributed by atoms with Crippen LogP contribution in [-0.2, 0) is 20.8 Å². The van der Waals surface area contributed by atoms with E-state index < -0.39 is 12.3 Å². The van der Waals surface area contributed by atoms with Crippen molar-refractivity contribution in [3.8, 4) is 0 Å². The summed E-state index contributed by atoms with van der Waals surface area (Å²) >= 11 is 6.21. The molecular weight excluding hydrogens is 470 g/mol. The van der Waals surface area contributed by atoms with Crippen LogP contribution in [0, 0.1) is 0 Å². The number of carbonyl (C=O) groups is 2. The zero-order valence-corrected chi connectivity index (χ0v) is 20.3. The molecule has 4 N–H and O–H groups in total. The molecule has 0 fully saturated rings. The van der Waals surface area contributed by atoms with Crippen LogP contribution in [0.1, 0.15) is 12.0 Å². The second kappa shape index (κ2) is 14.2. The van der Waals surface area contributed by atoms with Crippen LogP contribution in [0.3, 0.4) is 0 Å². The van der Waals surface area contributed by atoms with Crippen molar-refractivity contribution in [3.05, 3.63) is 71.4 Å². The summed E-state index contributed by atoms with van der Waals surface area (Å²) < 4.78 is 10.9. The number of pyridine rings is 1. The summed E-state index contributed by atoms with van der Waals surface area (Å²) in [6, 6.07) is 17.0. The van der Waals surface area contributed by atoms with Crippen molar-refractivity contribution in [2.24, 2.45) is 0 Å². The van der Waals surface area contributed by atoms with E-state index in [1.807, 2.05) is 55.6 Å². The first kappa shape index (κ1) is 26.4. The molecule has 2 aromatic carbocycles. The van der Waals surface area contributed by atoms with Crippen molar-refractivity contribution in [1.29, 1.82) is 0 Å². The zero-order chi connectivity index (χ0) is 24.9. The molecule has 0 bridgehead atoms. The Hall–Kier alpha value is -3.24. The lowest BCUT2D eigenvalue weighted by molar-refractivity contribution is -0.124. The molecule has 35 heavy (non-hydrogen) atoms. The van der Waals surface area contributed by atoms with E-state index in [1.165, 1.54) is 0 Å². The molecule has 1 heterocycles. The minimum Gasteiger partial charge on any atom is -0.447 e. The molecule has 9 nitrogen and oxygen atoms in total. The number of ether oxygens (including phenoxy) is 2. The van der Waals surface area contributed by atoms with E-state index in [1.54, 1.807) is 12.3 Å². The van der Waals surface area contributed by atoms with E-state index in [2.05, 4.69) is 26.3 Å². The molecule has 186 valence electrons. The SMILES string of the molecule is CNCCOC(CC(=O)NCCOC(=O)Nc1cc2ccccc2cn1)NCc1ccccc1Cl. The van der Waals surface area contributed by atoms with Gasteiger partial charge in [0.1, 0.15) is 18.7 Å². The molecule has 0 spiro atoms. The first-order valence-corrected chi connectivity index (χ1v) is 11.7. The number of fused-ring (bicyclic) bond motifs is 1. The Morgan fingerprint density at radius 1 is 1.03 bits per heavy atom. The van der Waals surface area contributed by atoms with Gasteiger partial charge in [0.15, 0.2) is 0 Å². The van der Waals surface area contributed by atoms with Crippen LogP contribution < -0.4 is 21.3 Å². The average molecular weight is 500 g/mol. The standard InChI is InChI=1S/C25H30ClN5O4/c1-27-10-12-34-24(30-17-20-8-4-5-9-21(20)26)15-23(32)28-11-13-35-25(33)31-22-14-18-6-2-3-7-19(18)16-29-22/h2-9,14,16,24,27,30H,10-13,15,17H2,1H3,(H,28,32)(H,29,31,33). The number of carbonyl (C=O) groups excluding carboxylic acids is 2. The van der Waals surface area contributed by atoms with Crippen LogP contribution in [0.25, 0.3) is 10.8 Å². The summed E-state index contributed by atoms with van der Waals surface area (Å²) in [5.74, 6) is 0.162. The molecule has 3 aromatic rings. The van der Waals surface area contributed by atoms with E-state index in [9.17, 15) is 9.59 Å². The summed E-state index contributed by atoms with van der Waals surface area (Å²) in [6.07, 6.45) is 0.640. The van der Waals surface area contributed by atoms with Gasteiger partial charge in [0.2, 0.25) is 5.91 Å². The maximum absolute atomic E-state index is 12.4. The van der Waals surface area contributed by atoms with Gasteiger partial charge in [-0.2, -0.15) is 0 Å². The Morgan fingerprint density at radius 2 is 1.80 bits per heavy atom. The normalized spacial score (nSPS) is 11.7. The van der Waals surface area contributed by atoms with Crippen molar-refractivity contribution >= 4 is 40.2 Å². The summed E-state index contributed by atoms with van der Waals surface area (Å²) in [7, 11) is 1.83. The number of anilines is 1. The smallest absolute Gasteiger partial charge is 0.412 e. The van der Waals surface area contributed by atoms with E-state index >= 15 is 0 Å². The van der Waals surface area contributed by atoms with Gasteiger partial charge in [-0.3, -0.25) is 15.4 Å². The Labute approximate surface area is 209 Å². The highest BCUT2D eigenvalue weighted by molar-refractivity contribution is 6.31.